The first-order valence-electron chi connectivity index (χ1n) is 13.3. The number of oxazole rings is 1. The second kappa shape index (κ2) is 9.57. The van der Waals surface area contributed by atoms with Crippen molar-refractivity contribution in [3.63, 3.8) is 0 Å². The molecule has 3 aliphatic heterocycles. The van der Waals surface area contributed by atoms with Gasteiger partial charge in [-0.1, -0.05) is 12.5 Å². The number of aromatic nitrogens is 1. The molecule has 3 unspecified atom stereocenters. The second-order valence-corrected chi connectivity index (χ2v) is 11.7. The molecule has 4 heterocycles. The van der Waals surface area contributed by atoms with E-state index in [0.29, 0.717) is 54.4 Å². The number of rotatable bonds is 3. The fourth-order valence-corrected chi connectivity index (χ4v) is 5.97. The van der Waals surface area contributed by atoms with Gasteiger partial charge in [0.1, 0.15) is 11.1 Å². The lowest BCUT2D eigenvalue weighted by atomic mass is 9.82. The van der Waals surface area contributed by atoms with Gasteiger partial charge in [-0.2, -0.15) is 4.98 Å². The maximum Gasteiger partial charge on any atom is 0.410 e. The fourth-order valence-electron chi connectivity index (χ4n) is 5.97. The van der Waals surface area contributed by atoms with Gasteiger partial charge in [-0.25, -0.2) is 4.79 Å². The first-order valence-corrected chi connectivity index (χ1v) is 13.3. The number of amides is 2. The van der Waals surface area contributed by atoms with Crippen molar-refractivity contribution < 1.29 is 18.7 Å². The Labute approximate surface area is 213 Å². The van der Waals surface area contributed by atoms with Crippen LogP contribution in [0.2, 0.25) is 0 Å². The van der Waals surface area contributed by atoms with Crippen molar-refractivity contribution in [2.45, 2.75) is 89.6 Å². The molecule has 3 fully saturated rings. The quantitative estimate of drug-likeness (QED) is 0.685. The van der Waals surface area contributed by atoms with E-state index in [4.69, 9.17) is 14.1 Å². The minimum absolute atomic E-state index is 0.00440. The molecule has 0 aliphatic carbocycles. The van der Waals surface area contributed by atoms with Crippen molar-refractivity contribution in [3.05, 3.63) is 23.8 Å². The molecule has 2 bridgehead atoms. The summed E-state index contributed by atoms with van der Waals surface area (Å²) >= 11 is 0. The van der Waals surface area contributed by atoms with Crippen LogP contribution in [-0.4, -0.2) is 83.2 Å². The Morgan fingerprint density at radius 3 is 2.53 bits per heavy atom. The van der Waals surface area contributed by atoms with Crippen LogP contribution in [0.25, 0.3) is 11.1 Å². The number of carbonyl (C=O) groups excluding carboxylic acids is 2. The molecule has 3 atom stereocenters. The largest absolute Gasteiger partial charge is 0.444 e. The molecule has 9 heteroatoms. The standard InChI is InChI=1S/C27H39N5O4/c1-17-16-31(26(34)36-27(2,3)4)12-13-32(17)25-29-23-21(10-7-11-22(23)35-25)24(33)28-18-14-19-8-6-9-20(15-18)30(19)5/h7,10-11,17-20H,6,8-9,12-16H2,1-5H3,(H,28,33). The number of ether oxygens (including phenoxy) is 1. The van der Waals surface area contributed by atoms with Gasteiger partial charge in [-0.15, -0.1) is 0 Å². The average Bonchev–Trinajstić information content (AvgIpc) is 3.22. The molecule has 5 rings (SSSR count). The van der Waals surface area contributed by atoms with Crippen LogP contribution in [0.3, 0.4) is 0 Å². The number of hydrogen-bond donors (Lipinski definition) is 1. The minimum Gasteiger partial charge on any atom is -0.444 e. The summed E-state index contributed by atoms with van der Waals surface area (Å²) in [6.45, 7) is 9.26. The van der Waals surface area contributed by atoms with Crippen LogP contribution in [0.5, 0.6) is 0 Å². The smallest absolute Gasteiger partial charge is 0.410 e. The Morgan fingerprint density at radius 1 is 1.14 bits per heavy atom. The Kier molecular flexibility index (Phi) is 6.61. The van der Waals surface area contributed by atoms with Crippen LogP contribution in [-0.2, 0) is 4.74 Å². The van der Waals surface area contributed by atoms with Crippen LogP contribution in [0.1, 0.15) is 70.2 Å². The molecule has 0 radical (unpaired) electrons. The van der Waals surface area contributed by atoms with E-state index in [-0.39, 0.29) is 24.1 Å². The van der Waals surface area contributed by atoms with E-state index >= 15 is 0 Å². The lowest BCUT2D eigenvalue weighted by Gasteiger charge is -2.47. The molecular formula is C27H39N5O4. The van der Waals surface area contributed by atoms with E-state index in [0.717, 1.165) is 12.8 Å². The van der Waals surface area contributed by atoms with E-state index in [1.54, 1.807) is 4.90 Å². The first kappa shape index (κ1) is 24.9. The molecule has 36 heavy (non-hydrogen) atoms. The predicted octanol–water partition coefficient (Wildman–Crippen LogP) is 4.02. The van der Waals surface area contributed by atoms with Crippen LogP contribution in [0, 0.1) is 0 Å². The molecule has 1 N–H and O–H groups in total. The van der Waals surface area contributed by atoms with Crippen LogP contribution >= 0.6 is 0 Å². The van der Waals surface area contributed by atoms with Gasteiger partial charge in [-0.05, 0) is 72.6 Å². The molecule has 2 aromatic rings. The third-order valence-electron chi connectivity index (χ3n) is 7.85. The summed E-state index contributed by atoms with van der Waals surface area (Å²) in [4.78, 5) is 36.9. The van der Waals surface area contributed by atoms with Gasteiger partial charge in [0.2, 0.25) is 0 Å². The molecule has 196 valence electrons. The van der Waals surface area contributed by atoms with Gasteiger partial charge in [0.05, 0.1) is 5.56 Å². The maximum absolute atomic E-state index is 13.3. The van der Waals surface area contributed by atoms with Gasteiger partial charge < -0.3 is 29.2 Å². The lowest BCUT2D eigenvalue weighted by molar-refractivity contribution is 0.0216. The van der Waals surface area contributed by atoms with Gasteiger partial charge in [0, 0.05) is 43.8 Å². The van der Waals surface area contributed by atoms with Crippen molar-refractivity contribution in [2.75, 3.05) is 31.6 Å². The highest BCUT2D eigenvalue weighted by Gasteiger charge is 2.37. The normalized spacial score (nSPS) is 27.2. The summed E-state index contributed by atoms with van der Waals surface area (Å²) in [5.41, 5.74) is 1.20. The van der Waals surface area contributed by atoms with E-state index in [2.05, 4.69) is 22.2 Å². The van der Waals surface area contributed by atoms with Crippen LogP contribution in [0.4, 0.5) is 10.8 Å². The number of carbonyl (C=O) groups is 2. The number of piperidine rings is 2. The SMILES string of the molecule is CC1CN(C(=O)OC(C)(C)C)CCN1c1nc2c(C(=O)NC3CC4CCCC(C3)N4C)cccc2o1. The van der Waals surface area contributed by atoms with Gasteiger partial charge >= 0.3 is 6.09 Å². The molecule has 1 aromatic heterocycles. The van der Waals surface area contributed by atoms with Crippen molar-refractivity contribution in [1.82, 2.24) is 20.1 Å². The van der Waals surface area contributed by atoms with Gasteiger partial charge in [0.25, 0.3) is 11.9 Å². The highest BCUT2D eigenvalue weighted by molar-refractivity contribution is 6.04. The average molecular weight is 498 g/mol. The molecule has 3 aliphatic rings. The number of hydrogen-bond acceptors (Lipinski definition) is 7. The lowest BCUT2D eigenvalue weighted by Crippen LogP contribution is -2.55. The zero-order valence-electron chi connectivity index (χ0n) is 22.1. The summed E-state index contributed by atoms with van der Waals surface area (Å²) in [7, 11) is 2.22. The number of anilines is 1. The Balaban J connectivity index is 1.28. The maximum atomic E-state index is 13.3. The van der Waals surface area contributed by atoms with Gasteiger partial charge in [-0.3, -0.25) is 4.79 Å². The molecular weight excluding hydrogens is 458 g/mol. The molecule has 1 aromatic carbocycles. The van der Waals surface area contributed by atoms with Gasteiger partial charge in [0.15, 0.2) is 5.58 Å². The van der Waals surface area contributed by atoms with E-state index in [9.17, 15) is 9.59 Å². The molecule has 0 saturated carbocycles. The molecule has 9 nitrogen and oxygen atoms in total. The summed E-state index contributed by atoms with van der Waals surface area (Å²) in [5, 5.41) is 3.29. The van der Waals surface area contributed by atoms with Crippen LogP contribution in [0.15, 0.2) is 22.6 Å². The topological polar surface area (TPSA) is 91.1 Å². The summed E-state index contributed by atoms with van der Waals surface area (Å²) in [6.07, 6.45) is 5.40. The fraction of sp³-hybridized carbons (Fsp3) is 0.667. The predicted molar refractivity (Wildman–Crippen MR) is 138 cm³/mol. The zero-order valence-corrected chi connectivity index (χ0v) is 22.1. The minimum atomic E-state index is -0.527. The third-order valence-corrected chi connectivity index (χ3v) is 7.85. The zero-order chi connectivity index (χ0) is 25.6. The third kappa shape index (κ3) is 5.03. The molecule has 0 spiro atoms. The van der Waals surface area contributed by atoms with E-state index in [1.807, 2.05) is 45.9 Å². The number of piperazine rings is 1. The summed E-state index contributed by atoms with van der Waals surface area (Å²) in [6, 6.07) is 7.29. The highest BCUT2D eigenvalue weighted by Crippen LogP contribution is 2.33. The number of para-hydroxylation sites is 1. The Bertz CT molecular complexity index is 1110. The number of nitrogens with one attached hydrogen (secondary N) is 1. The van der Waals surface area contributed by atoms with Crippen LogP contribution < -0.4 is 10.2 Å². The van der Waals surface area contributed by atoms with E-state index in [1.165, 1.54) is 19.3 Å². The first-order chi connectivity index (χ1) is 17.1. The second-order valence-electron chi connectivity index (χ2n) is 11.7. The Hall–Kier alpha value is -2.81. The summed E-state index contributed by atoms with van der Waals surface area (Å²) < 4.78 is 11.6. The van der Waals surface area contributed by atoms with Crippen molar-refractivity contribution in [2.24, 2.45) is 0 Å². The number of benzene rings is 1. The Morgan fingerprint density at radius 2 is 1.86 bits per heavy atom. The monoisotopic (exact) mass is 497 g/mol. The van der Waals surface area contributed by atoms with E-state index < -0.39 is 5.60 Å². The molecule has 2 amide bonds. The summed E-state index contributed by atoms with van der Waals surface area (Å²) in [5.74, 6) is -0.0872. The highest BCUT2D eigenvalue weighted by atomic mass is 16.6. The number of fused-ring (bicyclic) bond motifs is 3. The van der Waals surface area contributed by atoms with Crippen molar-refractivity contribution in [1.29, 1.82) is 0 Å². The molecule has 3 saturated heterocycles. The number of nitrogens with zero attached hydrogens (tertiary/aromatic N) is 4. The van der Waals surface area contributed by atoms with Crippen molar-refractivity contribution in [3.8, 4) is 0 Å². The van der Waals surface area contributed by atoms with Crippen molar-refractivity contribution >= 4 is 29.1 Å².